The molecule has 6 heteroatoms. The fourth-order valence-electron chi connectivity index (χ4n) is 3.13. The maximum Gasteiger partial charge on any atom is 0.191 e. The number of aliphatic imine (C=N–C) groups is 1. The first-order valence-corrected chi connectivity index (χ1v) is 9.59. The van der Waals surface area contributed by atoms with E-state index in [1.54, 1.807) is 6.26 Å². The average molecular weight is 355 g/mol. The molecule has 0 amide bonds. The summed E-state index contributed by atoms with van der Waals surface area (Å²) in [6.45, 7) is 6.55. The standard InChI is InChI=1S/C20H29N5O/c1-2-21-20(23-11-9-18-7-6-14-26-18)24-16-17-8-10-22-19(15-17)25-12-4-3-5-13-25/h6-8,10,14-15H,2-5,9,11-13,16H2,1H3,(H2,21,23,24). The molecule has 3 rings (SSSR count). The molecule has 1 aliphatic heterocycles. The highest BCUT2D eigenvalue weighted by atomic mass is 16.3. The van der Waals surface area contributed by atoms with E-state index in [9.17, 15) is 0 Å². The lowest BCUT2D eigenvalue weighted by Gasteiger charge is -2.27. The van der Waals surface area contributed by atoms with Crippen molar-refractivity contribution in [1.82, 2.24) is 15.6 Å². The van der Waals surface area contributed by atoms with Gasteiger partial charge in [-0.2, -0.15) is 0 Å². The van der Waals surface area contributed by atoms with Gasteiger partial charge in [0.15, 0.2) is 5.96 Å². The highest BCUT2D eigenvalue weighted by Gasteiger charge is 2.12. The van der Waals surface area contributed by atoms with Crippen LogP contribution in [0.15, 0.2) is 46.1 Å². The third-order valence-corrected chi connectivity index (χ3v) is 4.50. The van der Waals surface area contributed by atoms with Crippen LogP contribution >= 0.6 is 0 Å². The quantitative estimate of drug-likeness (QED) is 0.590. The lowest BCUT2D eigenvalue weighted by Crippen LogP contribution is -2.38. The van der Waals surface area contributed by atoms with E-state index in [0.717, 1.165) is 50.1 Å². The molecule has 0 aliphatic carbocycles. The largest absolute Gasteiger partial charge is 0.469 e. The number of hydrogen-bond acceptors (Lipinski definition) is 4. The van der Waals surface area contributed by atoms with Crippen LogP contribution in [0.25, 0.3) is 0 Å². The maximum absolute atomic E-state index is 5.36. The summed E-state index contributed by atoms with van der Waals surface area (Å²) < 4.78 is 5.36. The lowest BCUT2D eigenvalue weighted by atomic mass is 10.1. The second kappa shape index (κ2) is 9.85. The number of nitrogens with zero attached hydrogens (tertiary/aromatic N) is 3. The molecule has 6 nitrogen and oxygen atoms in total. The topological polar surface area (TPSA) is 65.7 Å². The minimum absolute atomic E-state index is 0.638. The van der Waals surface area contributed by atoms with E-state index in [-0.39, 0.29) is 0 Å². The summed E-state index contributed by atoms with van der Waals surface area (Å²) in [5, 5.41) is 6.65. The number of rotatable bonds is 7. The van der Waals surface area contributed by atoms with Crippen LogP contribution in [-0.4, -0.2) is 37.1 Å². The summed E-state index contributed by atoms with van der Waals surface area (Å²) in [6.07, 6.45) is 8.29. The molecule has 2 aromatic rings. The third-order valence-electron chi connectivity index (χ3n) is 4.50. The number of aromatic nitrogens is 1. The zero-order chi connectivity index (χ0) is 18.0. The highest BCUT2D eigenvalue weighted by Crippen LogP contribution is 2.18. The van der Waals surface area contributed by atoms with E-state index in [4.69, 9.17) is 9.41 Å². The SMILES string of the molecule is CCNC(=NCc1ccnc(N2CCCCC2)c1)NCCc1ccco1. The van der Waals surface area contributed by atoms with Crippen molar-refractivity contribution >= 4 is 11.8 Å². The second-order valence-corrected chi connectivity index (χ2v) is 6.52. The number of hydrogen-bond donors (Lipinski definition) is 2. The van der Waals surface area contributed by atoms with Crippen molar-refractivity contribution in [2.45, 2.75) is 39.2 Å². The Morgan fingerprint density at radius 1 is 1.23 bits per heavy atom. The summed E-state index contributed by atoms with van der Waals surface area (Å²) >= 11 is 0. The summed E-state index contributed by atoms with van der Waals surface area (Å²) in [5.41, 5.74) is 1.18. The molecule has 0 unspecified atom stereocenters. The Bertz CT molecular complexity index is 677. The minimum atomic E-state index is 0.638. The molecule has 0 aromatic carbocycles. The Hall–Kier alpha value is -2.50. The molecular weight excluding hydrogens is 326 g/mol. The van der Waals surface area contributed by atoms with Gasteiger partial charge in [-0.15, -0.1) is 0 Å². The summed E-state index contributed by atoms with van der Waals surface area (Å²) in [4.78, 5) is 11.6. The molecule has 0 bridgehead atoms. The van der Waals surface area contributed by atoms with Gasteiger partial charge < -0.3 is 20.0 Å². The molecule has 140 valence electrons. The van der Waals surface area contributed by atoms with Crippen molar-refractivity contribution in [3.8, 4) is 0 Å². The Kier molecular flexibility index (Phi) is 6.93. The molecule has 2 N–H and O–H groups in total. The Morgan fingerprint density at radius 2 is 2.12 bits per heavy atom. The molecule has 0 atom stereocenters. The predicted octanol–water partition coefficient (Wildman–Crippen LogP) is 2.96. The Morgan fingerprint density at radius 3 is 2.88 bits per heavy atom. The van der Waals surface area contributed by atoms with Gasteiger partial charge in [0.05, 0.1) is 12.8 Å². The van der Waals surface area contributed by atoms with Crippen molar-refractivity contribution < 1.29 is 4.42 Å². The Balaban J connectivity index is 1.56. The zero-order valence-electron chi connectivity index (χ0n) is 15.6. The predicted molar refractivity (Wildman–Crippen MR) is 106 cm³/mol. The van der Waals surface area contributed by atoms with Crippen LogP contribution < -0.4 is 15.5 Å². The zero-order valence-corrected chi connectivity index (χ0v) is 15.6. The van der Waals surface area contributed by atoms with Gasteiger partial charge in [-0.3, -0.25) is 0 Å². The first-order valence-electron chi connectivity index (χ1n) is 9.59. The van der Waals surface area contributed by atoms with Gasteiger partial charge >= 0.3 is 0 Å². The number of guanidine groups is 1. The summed E-state index contributed by atoms with van der Waals surface area (Å²) in [7, 11) is 0. The molecule has 0 spiro atoms. The van der Waals surface area contributed by atoms with Crippen molar-refractivity contribution in [2.75, 3.05) is 31.1 Å². The fraction of sp³-hybridized carbons (Fsp3) is 0.500. The van der Waals surface area contributed by atoms with E-state index >= 15 is 0 Å². The molecular formula is C20H29N5O. The smallest absolute Gasteiger partial charge is 0.191 e. The molecule has 0 saturated carbocycles. The van der Waals surface area contributed by atoms with Crippen LogP contribution in [0.5, 0.6) is 0 Å². The van der Waals surface area contributed by atoms with E-state index in [1.165, 1.54) is 24.8 Å². The van der Waals surface area contributed by atoms with E-state index in [2.05, 4.69) is 33.5 Å². The van der Waals surface area contributed by atoms with Crippen LogP contribution in [0.2, 0.25) is 0 Å². The number of furan rings is 1. The fourth-order valence-corrected chi connectivity index (χ4v) is 3.13. The van der Waals surface area contributed by atoms with Gasteiger partial charge in [0, 0.05) is 38.8 Å². The number of pyridine rings is 1. The summed E-state index contributed by atoms with van der Waals surface area (Å²) in [6, 6.07) is 8.12. The number of piperidine rings is 1. The van der Waals surface area contributed by atoms with Crippen molar-refractivity contribution in [2.24, 2.45) is 4.99 Å². The monoisotopic (exact) mass is 355 g/mol. The normalized spacial score (nSPS) is 15.1. The molecule has 1 fully saturated rings. The Labute approximate surface area is 155 Å². The van der Waals surface area contributed by atoms with Crippen molar-refractivity contribution in [3.05, 3.63) is 48.0 Å². The second-order valence-electron chi connectivity index (χ2n) is 6.52. The first-order chi connectivity index (χ1) is 12.8. The van der Waals surface area contributed by atoms with Gasteiger partial charge in [0.2, 0.25) is 0 Å². The molecule has 2 aromatic heterocycles. The van der Waals surface area contributed by atoms with Crippen LogP contribution in [0, 0.1) is 0 Å². The molecule has 1 saturated heterocycles. The molecule has 26 heavy (non-hydrogen) atoms. The highest BCUT2D eigenvalue weighted by molar-refractivity contribution is 5.79. The average Bonchev–Trinajstić information content (AvgIpc) is 3.20. The van der Waals surface area contributed by atoms with Crippen molar-refractivity contribution in [1.29, 1.82) is 0 Å². The minimum Gasteiger partial charge on any atom is -0.469 e. The van der Waals surface area contributed by atoms with Gasteiger partial charge in [0.1, 0.15) is 11.6 Å². The van der Waals surface area contributed by atoms with Gasteiger partial charge in [-0.25, -0.2) is 9.98 Å². The van der Waals surface area contributed by atoms with Gasteiger partial charge in [0.25, 0.3) is 0 Å². The van der Waals surface area contributed by atoms with Crippen LogP contribution in [0.3, 0.4) is 0 Å². The van der Waals surface area contributed by atoms with E-state index in [0.29, 0.717) is 6.54 Å². The summed E-state index contributed by atoms with van der Waals surface area (Å²) in [5.74, 6) is 2.89. The lowest BCUT2D eigenvalue weighted by molar-refractivity contribution is 0.507. The first kappa shape index (κ1) is 18.3. The van der Waals surface area contributed by atoms with Crippen LogP contribution in [0.1, 0.15) is 37.5 Å². The maximum atomic E-state index is 5.36. The van der Waals surface area contributed by atoms with Gasteiger partial charge in [-0.1, -0.05) is 0 Å². The molecule has 3 heterocycles. The molecule has 1 aliphatic rings. The van der Waals surface area contributed by atoms with Gasteiger partial charge in [-0.05, 0) is 56.0 Å². The van der Waals surface area contributed by atoms with Crippen molar-refractivity contribution in [3.63, 3.8) is 0 Å². The van der Waals surface area contributed by atoms with Crippen LogP contribution in [0.4, 0.5) is 5.82 Å². The van der Waals surface area contributed by atoms with E-state index < -0.39 is 0 Å². The third kappa shape index (κ3) is 5.51. The number of anilines is 1. The van der Waals surface area contributed by atoms with Crippen LogP contribution in [-0.2, 0) is 13.0 Å². The van der Waals surface area contributed by atoms with E-state index in [1.807, 2.05) is 24.4 Å². The molecule has 0 radical (unpaired) electrons. The number of nitrogens with one attached hydrogen (secondary N) is 2.